The molecule has 4 nitrogen and oxygen atoms in total. The highest BCUT2D eigenvalue weighted by Gasteiger charge is 2.35. The first kappa shape index (κ1) is 19.4. The maximum Gasteiger partial charge on any atom is 0.227 e. The van der Waals surface area contributed by atoms with E-state index in [0.717, 1.165) is 11.3 Å². The molecular weight excluding hydrogens is 360 g/mol. The minimum absolute atomic E-state index is 0.0172. The van der Waals surface area contributed by atoms with Crippen LogP contribution < -0.4 is 10.2 Å². The highest BCUT2D eigenvalue weighted by molar-refractivity contribution is 6.31. The van der Waals surface area contributed by atoms with Crippen molar-refractivity contribution in [1.29, 1.82) is 0 Å². The van der Waals surface area contributed by atoms with Gasteiger partial charge in [-0.2, -0.15) is 0 Å². The average molecular weight is 385 g/mol. The van der Waals surface area contributed by atoms with Crippen LogP contribution in [0.1, 0.15) is 38.3 Å². The maximum absolute atomic E-state index is 12.5. The van der Waals surface area contributed by atoms with Crippen LogP contribution in [0.15, 0.2) is 48.5 Å². The Kier molecular flexibility index (Phi) is 5.56. The molecule has 5 heteroatoms. The molecule has 1 N–H and O–H groups in total. The molecule has 1 unspecified atom stereocenters. The van der Waals surface area contributed by atoms with Crippen molar-refractivity contribution in [2.75, 3.05) is 11.4 Å². The predicted molar refractivity (Wildman–Crippen MR) is 109 cm³/mol. The summed E-state index contributed by atoms with van der Waals surface area (Å²) in [6.45, 7) is 7.23. The number of nitrogens with zero attached hydrogens (tertiary/aromatic N) is 1. The van der Waals surface area contributed by atoms with E-state index >= 15 is 0 Å². The standard InChI is InChI=1S/C22H25ClN2O2/c1-22(2,3)17-8-10-18(11-9-17)25-14-16(12-20(25)26)21(27)24-13-15-6-4-5-7-19(15)23/h4-11,16H,12-14H2,1-3H3,(H,24,27). The van der Waals surface area contributed by atoms with Gasteiger partial charge in [-0.05, 0) is 34.7 Å². The van der Waals surface area contributed by atoms with Gasteiger partial charge >= 0.3 is 0 Å². The molecule has 1 atom stereocenters. The molecule has 0 bridgehead atoms. The van der Waals surface area contributed by atoms with Gasteiger partial charge < -0.3 is 10.2 Å². The molecule has 27 heavy (non-hydrogen) atoms. The van der Waals surface area contributed by atoms with Gasteiger partial charge in [0.25, 0.3) is 0 Å². The lowest BCUT2D eigenvalue weighted by Crippen LogP contribution is -2.32. The van der Waals surface area contributed by atoms with Crippen LogP contribution in [0, 0.1) is 5.92 Å². The Morgan fingerprint density at radius 1 is 1.15 bits per heavy atom. The number of carbonyl (C=O) groups is 2. The molecule has 1 aliphatic rings. The van der Waals surface area contributed by atoms with E-state index in [2.05, 4.69) is 26.1 Å². The van der Waals surface area contributed by atoms with Crippen LogP contribution in [0.2, 0.25) is 5.02 Å². The third-order valence-electron chi connectivity index (χ3n) is 4.95. The van der Waals surface area contributed by atoms with Gasteiger partial charge in [0.2, 0.25) is 11.8 Å². The van der Waals surface area contributed by atoms with Crippen LogP contribution in [-0.2, 0) is 21.5 Å². The third-order valence-corrected chi connectivity index (χ3v) is 5.32. The van der Waals surface area contributed by atoms with E-state index in [0.29, 0.717) is 18.1 Å². The Balaban J connectivity index is 1.63. The zero-order valence-corrected chi connectivity index (χ0v) is 16.7. The van der Waals surface area contributed by atoms with Gasteiger partial charge in [-0.15, -0.1) is 0 Å². The zero-order valence-electron chi connectivity index (χ0n) is 16.0. The predicted octanol–water partition coefficient (Wildman–Crippen LogP) is 4.31. The Bertz CT molecular complexity index is 840. The van der Waals surface area contributed by atoms with E-state index in [1.165, 1.54) is 5.56 Å². The molecule has 142 valence electrons. The van der Waals surface area contributed by atoms with Crippen molar-refractivity contribution in [3.63, 3.8) is 0 Å². The molecule has 1 saturated heterocycles. The van der Waals surface area contributed by atoms with E-state index in [1.54, 1.807) is 11.0 Å². The lowest BCUT2D eigenvalue weighted by Gasteiger charge is -2.21. The molecule has 1 aliphatic heterocycles. The van der Waals surface area contributed by atoms with E-state index in [4.69, 9.17) is 11.6 Å². The van der Waals surface area contributed by atoms with Crippen molar-refractivity contribution in [3.8, 4) is 0 Å². The largest absolute Gasteiger partial charge is 0.352 e. The number of amides is 2. The van der Waals surface area contributed by atoms with Crippen molar-refractivity contribution in [2.45, 2.75) is 39.2 Å². The maximum atomic E-state index is 12.5. The molecule has 2 amide bonds. The number of hydrogen-bond donors (Lipinski definition) is 1. The van der Waals surface area contributed by atoms with Gasteiger partial charge in [-0.3, -0.25) is 9.59 Å². The van der Waals surface area contributed by atoms with E-state index in [-0.39, 0.29) is 29.6 Å². The van der Waals surface area contributed by atoms with Gasteiger partial charge in [0.05, 0.1) is 5.92 Å². The van der Waals surface area contributed by atoms with Crippen LogP contribution in [0.5, 0.6) is 0 Å². The zero-order chi connectivity index (χ0) is 19.6. The van der Waals surface area contributed by atoms with Crippen molar-refractivity contribution in [3.05, 3.63) is 64.7 Å². The summed E-state index contributed by atoms with van der Waals surface area (Å²) >= 11 is 6.12. The minimum Gasteiger partial charge on any atom is -0.352 e. The third kappa shape index (κ3) is 4.51. The Morgan fingerprint density at radius 3 is 2.44 bits per heavy atom. The summed E-state index contributed by atoms with van der Waals surface area (Å²) in [5.74, 6) is -0.476. The molecule has 0 aliphatic carbocycles. The number of nitrogens with one attached hydrogen (secondary N) is 1. The van der Waals surface area contributed by atoms with Gasteiger partial charge in [0.1, 0.15) is 0 Å². The van der Waals surface area contributed by atoms with Gasteiger partial charge in [0, 0.05) is 30.2 Å². The van der Waals surface area contributed by atoms with Crippen LogP contribution in [-0.4, -0.2) is 18.4 Å². The molecule has 2 aromatic rings. The summed E-state index contributed by atoms with van der Waals surface area (Å²) in [5, 5.41) is 3.53. The van der Waals surface area contributed by atoms with Gasteiger partial charge in [-0.1, -0.05) is 62.7 Å². The summed E-state index contributed by atoms with van der Waals surface area (Å²) in [7, 11) is 0. The molecule has 0 saturated carbocycles. The van der Waals surface area contributed by atoms with E-state index in [9.17, 15) is 9.59 Å². The highest BCUT2D eigenvalue weighted by Crippen LogP contribution is 2.29. The van der Waals surface area contributed by atoms with Crippen LogP contribution >= 0.6 is 11.6 Å². The van der Waals surface area contributed by atoms with Crippen molar-refractivity contribution >= 4 is 29.1 Å². The highest BCUT2D eigenvalue weighted by atomic mass is 35.5. The Morgan fingerprint density at radius 2 is 1.81 bits per heavy atom. The molecule has 0 spiro atoms. The van der Waals surface area contributed by atoms with E-state index < -0.39 is 0 Å². The molecule has 0 radical (unpaired) electrons. The molecule has 1 heterocycles. The second-order valence-electron chi connectivity index (χ2n) is 8.01. The summed E-state index contributed by atoms with van der Waals surface area (Å²) in [4.78, 5) is 26.6. The van der Waals surface area contributed by atoms with Crippen molar-refractivity contribution in [2.24, 2.45) is 5.92 Å². The van der Waals surface area contributed by atoms with E-state index in [1.807, 2.05) is 42.5 Å². The van der Waals surface area contributed by atoms with Crippen molar-refractivity contribution < 1.29 is 9.59 Å². The summed E-state index contributed by atoms with van der Waals surface area (Å²) in [5.41, 5.74) is 2.99. The lowest BCUT2D eigenvalue weighted by molar-refractivity contribution is -0.126. The fourth-order valence-electron chi connectivity index (χ4n) is 3.24. The fourth-order valence-corrected chi connectivity index (χ4v) is 3.45. The van der Waals surface area contributed by atoms with Crippen molar-refractivity contribution in [1.82, 2.24) is 5.32 Å². The van der Waals surface area contributed by atoms with Gasteiger partial charge in [0.15, 0.2) is 0 Å². The molecule has 2 aromatic carbocycles. The first-order chi connectivity index (χ1) is 12.8. The fraction of sp³-hybridized carbons (Fsp3) is 0.364. The second-order valence-corrected chi connectivity index (χ2v) is 8.42. The second kappa shape index (κ2) is 7.73. The number of carbonyl (C=O) groups excluding carboxylic acids is 2. The first-order valence-electron chi connectivity index (χ1n) is 9.18. The summed E-state index contributed by atoms with van der Waals surface area (Å²) in [6.07, 6.45) is 0.232. The first-order valence-corrected chi connectivity index (χ1v) is 9.55. The quantitative estimate of drug-likeness (QED) is 0.854. The van der Waals surface area contributed by atoms with Gasteiger partial charge in [-0.25, -0.2) is 0 Å². The molecule has 1 fully saturated rings. The monoisotopic (exact) mass is 384 g/mol. The molecule has 0 aromatic heterocycles. The lowest BCUT2D eigenvalue weighted by atomic mass is 9.87. The number of hydrogen-bond acceptors (Lipinski definition) is 2. The normalized spacial score (nSPS) is 17.3. The SMILES string of the molecule is CC(C)(C)c1ccc(N2CC(C(=O)NCc3ccccc3Cl)CC2=O)cc1. The smallest absolute Gasteiger partial charge is 0.227 e. The Hall–Kier alpha value is -2.33. The number of rotatable bonds is 4. The topological polar surface area (TPSA) is 49.4 Å². The van der Waals surface area contributed by atoms with Crippen LogP contribution in [0.25, 0.3) is 0 Å². The minimum atomic E-state index is -0.345. The van der Waals surface area contributed by atoms with Crippen LogP contribution in [0.3, 0.4) is 0 Å². The summed E-state index contributed by atoms with van der Waals surface area (Å²) in [6, 6.07) is 15.4. The number of benzene rings is 2. The average Bonchev–Trinajstić information content (AvgIpc) is 3.02. The number of halogens is 1. The molecular formula is C22H25ClN2O2. The summed E-state index contributed by atoms with van der Waals surface area (Å²) < 4.78 is 0. The Labute approximate surface area is 165 Å². The number of anilines is 1. The van der Waals surface area contributed by atoms with Crippen LogP contribution in [0.4, 0.5) is 5.69 Å². The molecule has 3 rings (SSSR count).